The van der Waals surface area contributed by atoms with E-state index in [4.69, 9.17) is 0 Å². The van der Waals surface area contributed by atoms with E-state index in [-0.39, 0.29) is 13.1 Å². The summed E-state index contributed by atoms with van der Waals surface area (Å²) in [6.07, 6.45) is -3.84. The lowest BCUT2D eigenvalue weighted by Crippen LogP contribution is -2.58. The highest BCUT2D eigenvalue weighted by atomic mass is 19.3. The number of piperidine rings is 1. The zero-order valence-electron chi connectivity index (χ0n) is 10.4. The molecule has 5 nitrogen and oxygen atoms in total. The highest BCUT2D eigenvalue weighted by Gasteiger charge is 2.41. The van der Waals surface area contributed by atoms with Gasteiger partial charge in [0.25, 0.3) is 0 Å². The number of unbranched alkanes of at least 4 members (excludes halogenated alkanes) is 1. The first kappa shape index (κ1) is 15.1. The number of carbonyl (C=O) groups is 1. The second kappa shape index (κ2) is 6.84. The number of carbonyl (C=O) groups excluding carboxylic acids is 1. The molecule has 3 atom stereocenters. The normalized spacial score (nSPS) is 28.6. The van der Waals surface area contributed by atoms with E-state index in [0.717, 1.165) is 17.7 Å². The van der Waals surface area contributed by atoms with Crippen molar-refractivity contribution in [2.45, 2.75) is 38.4 Å². The molecule has 2 amide bonds. The van der Waals surface area contributed by atoms with Crippen molar-refractivity contribution in [2.75, 3.05) is 19.6 Å². The van der Waals surface area contributed by atoms with Crippen LogP contribution in [0.4, 0.5) is 13.6 Å². The third-order valence-electron chi connectivity index (χ3n) is 3.09. The molecule has 0 aromatic heterocycles. The van der Waals surface area contributed by atoms with Crippen LogP contribution in [0.5, 0.6) is 0 Å². The minimum Gasteiger partial charge on any atom is -0.390 e. The molecule has 0 aromatic rings. The number of alkyl halides is 2. The quantitative estimate of drug-likeness (QED) is 0.645. The number of urea groups is 1. The van der Waals surface area contributed by atoms with Crippen molar-refractivity contribution < 1.29 is 23.8 Å². The average molecular weight is 266 g/mol. The number of nitrogens with one attached hydrogen (secondary N) is 1. The maximum atomic E-state index is 12.7. The maximum absolute atomic E-state index is 12.7. The van der Waals surface area contributed by atoms with Gasteiger partial charge in [0.1, 0.15) is 0 Å². The van der Waals surface area contributed by atoms with E-state index in [1.54, 1.807) is 0 Å². The molecule has 1 aliphatic heterocycles. The predicted molar refractivity (Wildman–Crippen MR) is 61.4 cm³/mol. The summed E-state index contributed by atoms with van der Waals surface area (Å²) in [5.41, 5.74) is 0. The smallest absolute Gasteiger partial charge is 0.317 e. The Morgan fingerprint density at radius 3 is 2.67 bits per heavy atom. The highest BCUT2D eigenvalue weighted by Crippen LogP contribution is 2.23. The van der Waals surface area contributed by atoms with Crippen LogP contribution in [0, 0.1) is 5.92 Å². The third-order valence-corrected chi connectivity index (χ3v) is 3.09. The Morgan fingerprint density at radius 2 is 2.11 bits per heavy atom. The fourth-order valence-corrected chi connectivity index (χ4v) is 1.93. The van der Waals surface area contributed by atoms with E-state index in [0.29, 0.717) is 6.54 Å². The largest absolute Gasteiger partial charge is 0.390 e. The van der Waals surface area contributed by atoms with Crippen molar-refractivity contribution in [2.24, 2.45) is 5.92 Å². The summed E-state index contributed by atoms with van der Waals surface area (Å²) in [7, 11) is 0. The molecule has 1 aliphatic rings. The van der Waals surface area contributed by atoms with Crippen LogP contribution in [-0.4, -0.2) is 59.4 Å². The van der Waals surface area contributed by atoms with Gasteiger partial charge in [0.2, 0.25) is 6.43 Å². The second-order valence-corrected chi connectivity index (χ2v) is 4.55. The van der Waals surface area contributed by atoms with Gasteiger partial charge in [-0.2, -0.15) is 0 Å². The Labute approximate surface area is 105 Å². The molecule has 1 heterocycles. The lowest BCUT2D eigenvalue weighted by Gasteiger charge is -2.38. The molecule has 1 rings (SSSR count). The fraction of sp³-hybridized carbons (Fsp3) is 0.909. The first-order chi connectivity index (χ1) is 8.47. The van der Waals surface area contributed by atoms with Crippen molar-refractivity contribution in [3.05, 3.63) is 0 Å². The van der Waals surface area contributed by atoms with E-state index in [9.17, 15) is 23.8 Å². The molecule has 106 valence electrons. The number of nitrogens with zero attached hydrogens (tertiary/aromatic N) is 1. The van der Waals surface area contributed by atoms with Crippen LogP contribution in [0.15, 0.2) is 0 Å². The number of amides is 2. The van der Waals surface area contributed by atoms with Crippen LogP contribution in [0.2, 0.25) is 0 Å². The Bertz CT molecular complexity index is 279. The van der Waals surface area contributed by atoms with Gasteiger partial charge in [-0.25, -0.2) is 13.6 Å². The summed E-state index contributed by atoms with van der Waals surface area (Å²) < 4.78 is 25.3. The molecule has 0 radical (unpaired) electrons. The number of rotatable bonds is 4. The SMILES string of the molecule is CCCCNC(=O)N1CC(O)[C@H](O)[C@@H](C(F)F)C1. The van der Waals surface area contributed by atoms with Gasteiger partial charge >= 0.3 is 6.03 Å². The number of aliphatic hydroxyl groups excluding tert-OH is 2. The Morgan fingerprint density at radius 1 is 1.44 bits per heavy atom. The van der Waals surface area contributed by atoms with Gasteiger partial charge in [0, 0.05) is 13.1 Å². The number of likely N-dealkylation sites (tertiary alicyclic amines) is 1. The van der Waals surface area contributed by atoms with Crippen molar-refractivity contribution in [1.29, 1.82) is 0 Å². The van der Waals surface area contributed by atoms with Crippen LogP contribution >= 0.6 is 0 Å². The Balaban J connectivity index is 2.53. The van der Waals surface area contributed by atoms with E-state index >= 15 is 0 Å². The lowest BCUT2D eigenvalue weighted by molar-refractivity contribution is -0.107. The molecule has 1 saturated heterocycles. The number of hydrogen-bond acceptors (Lipinski definition) is 3. The Hall–Kier alpha value is -0.950. The molecule has 0 aromatic carbocycles. The second-order valence-electron chi connectivity index (χ2n) is 4.55. The third kappa shape index (κ3) is 3.78. The summed E-state index contributed by atoms with van der Waals surface area (Å²) in [6, 6.07) is -0.472. The van der Waals surface area contributed by atoms with Gasteiger partial charge in [-0.05, 0) is 6.42 Å². The molecule has 18 heavy (non-hydrogen) atoms. The average Bonchev–Trinajstić information content (AvgIpc) is 2.32. The summed E-state index contributed by atoms with van der Waals surface area (Å²) in [4.78, 5) is 12.8. The van der Waals surface area contributed by atoms with E-state index in [1.165, 1.54) is 0 Å². The molecule has 3 N–H and O–H groups in total. The monoisotopic (exact) mass is 266 g/mol. The predicted octanol–water partition coefficient (Wildman–Crippen LogP) is 0.415. The van der Waals surface area contributed by atoms with E-state index in [2.05, 4.69) is 5.32 Å². The van der Waals surface area contributed by atoms with Gasteiger partial charge in [-0.15, -0.1) is 0 Å². The lowest BCUT2D eigenvalue weighted by atomic mass is 9.93. The first-order valence-corrected chi connectivity index (χ1v) is 6.14. The zero-order chi connectivity index (χ0) is 13.7. The van der Waals surface area contributed by atoms with Gasteiger partial charge in [-0.3, -0.25) is 0 Å². The van der Waals surface area contributed by atoms with Crippen molar-refractivity contribution in [3.63, 3.8) is 0 Å². The maximum Gasteiger partial charge on any atom is 0.317 e. The van der Waals surface area contributed by atoms with Crippen LogP contribution in [-0.2, 0) is 0 Å². The molecule has 1 unspecified atom stereocenters. The van der Waals surface area contributed by atoms with Crippen molar-refractivity contribution in [1.82, 2.24) is 10.2 Å². The minimum atomic E-state index is -2.76. The number of aliphatic hydroxyl groups is 2. The summed E-state index contributed by atoms with van der Waals surface area (Å²) in [5.74, 6) is -1.40. The number of halogens is 2. The van der Waals surface area contributed by atoms with E-state index < -0.39 is 30.6 Å². The molecular weight excluding hydrogens is 246 g/mol. The van der Waals surface area contributed by atoms with E-state index in [1.807, 2.05) is 6.92 Å². The minimum absolute atomic E-state index is 0.123. The van der Waals surface area contributed by atoms with Crippen LogP contribution in [0.1, 0.15) is 19.8 Å². The molecule has 0 saturated carbocycles. The van der Waals surface area contributed by atoms with Crippen molar-refractivity contribution >= 4 is 6.03 Å². The highest BCUT2D eigenvalue weighted by molar-refractivity contribution is 5.74. The summed E-state index contributed by atoms with van der Waals surface area (Å²) in [5, 5.41) is 21.5. The van der Waals surface area contributed by atoms with Gasteiger partial charge in [0.05, 0.1) is 24.7 Å². The standard InChI is InChI=1S/C11H20F2N2O3/c1-2-3-4-14-11(18)15-5-7(10(12)13)9(17)8(16)6-15/h7-10,16-17H,2-6H2,1H3,(H,14,18)/t7-,8?,9+/m0/s1. The number of hydrogen-bond donors (Lipinski definition) is 3. The molecule has 0 aliphatic carbocycles. The summed E-state index contributed by atoms with van der Waals surface area (Å²) in [6.45, 7) is 2.08. The summed E-state index contributed by atoms with van der Waals surface area (Å²) >= 11 is 0. The van der Waals surface area contributed by atoms with Gasteiger partial charge in [-0.1, -0.05) is 13.3 Å². The van der Waals surface area contributed by atoms with Crippen LogP contribution in [0.3, 0.4) is 0 Å². The molecule has 7 heteroatoms. The van der Waals surface area contributed by atoms with Crippen LogP contribution in [0.25, 0.3) is 0 Å². The fourth-order valence-electron chi connectivity index (χ4n) is 1.93. The molecule has 1 fully saturated rings. The first-order valence-electron chi connectivity index (χ1n) is 6.14. The Kier molecular flexibility index (Phi) is 5.74. The van der Waals surface area contributed by atoms with Gasteiger partial charge in [0.15, 0.2) is 0 Å². The van der Waals surface area contributed by atoms with Gasteiger partial charge < -0.3 is 20.4 Å². The van der Waals surface area contributed by atoms with Crippen molar-refractivity contribution in [3.8, 4) is 0 Å². The zero-order valence-corrected chi connectivity index (χ0v) is 10.4. The number of β-amino-alcohol motifs (C(OH)–C–C–N with tert-alkyl or cyclic N) is 1. The molecular formula is C11H20F2N2O3. The topological polar surface area (TPSA) is 72.8 Å². The molecule has 0 bridgehead atoms. The molecule has 0 spiro atoms. The van der Waals surface area contributed by atoms with Crippen LogP contribution < -0.4 is 5.32 Å².